The first-order chi connectivity index (χ1) is 11.7. The Bertz CT molecular complexity index is 1060. The summed E-state index contributed by atoms with van der Waals surface area (Å²) in [5.41, 5.74) is 4.70. The second kappa shape index (κ2) is 5.82. The highest BCUT2D eigenvalue weighted by molar-refractivity contribution is 5.96. The van der Waals surface area contributed by atoms with Crippen LogP contribution in [0.25, 0.3) is 33.2 Å². The van der Waals surface area contributed by atoms with Gasteiger partial charge in [-0.05, 0) is 35.7 Å². The molecule has 0 spiro atoms. The van der Waals surface area contributed by atoms with Gasteiger partial charge in [-0.3, -0.25) is 4.79 Å². The van der Waals surface area contributed by atoms with E-state index in [1.54, 1.807) is 13.0 Å². The molecule has 0 aliphatic heterocycles. The van der Waals surface area contributed by atoms with Crippen LogP contribution in [0, 0.1) is 6.92 Å². The van der Waals surface area contributed by atoms with Gasteiger partial charge in [0.25, 0.3) is 0 Å². The van der Waals surface area contributed by atoms with Crippen molar-refractivity contribution < 1.29 is 4.42 Å². The first-order valence-electron chi connectivity index (χ1n) is 7.92. The van der Waals surface area contributed by atoms with Gasteiger partial charge in [-0.15, -0.1) is 0 Å². The van der Waals surface area contributed by atoms with Gasteiger partial charge in [0, 0.05) is 11.6 Å². The quantitative estimate of drug-likeness (QED) is 0.493. The molecular formula is C22H16O2. The van der Waals surface area contributed by atoms with E-state index >= 15 is 0 Å². The number of hydrogen-bond donors (Lipinski definition) is 0. The zero-order valence-electron chi connectivity index (χ0n) is 13.3. The van der Waals surface area contributed by atoms with Crippen LogP contribution in [0.1, 0.15) is 5.76 Å². The molecule has 0 aliphatic carbocycles. The average molecular weight is 312 g/mol. The first-order valence-corrected chi connectivity index (χ1v) is 7.92. The van der Waals surface area contributed by atoms with E-state index in [4.69, 9.17) is 4.42 Å². The third kappa shape index (κ3) is 2.52. The standard InChI is InChI=1S/C22H16O2/c1-15-12-21(23)20-14-18(16-8-4-2-5-9-16)13-19(22(20)24-15)17-10-6-3-7-11-17/h2-14H,1H3. The molecule has 0 atom stereocenters. The van der Waals surface area contributed by atoms with Crippen molar-refractivity contribution in [1.82, 2.24) is 0 Å². The van der Waals surface area contributed by atoms with Gasteiger partial charge in [0.2, 0.25) is 0 Å². The third-order valence-electron chi connectivity index (χ3n) is 4.14. The molecule has 2 heteroatoms. The van der Waals surface area contributed by atoms with Gasteiger partial charge in [-0.2, -0.15) is 0 Å². The molecule has 0 unspecified atom stereocenters. The Labute approximate surface area is 140 Å². The smallest absolute Gasteiger partial charge is 0.192 e. The summed E-state index contributed by atoms with van der Waals surface area (Å²) in [6, 6.07) is 25.7. The maximum absolute atomic E-state index is 12.5. The van der Waals surface area contributed by atoms with Crippen molar-refractivity contribution in [2.45, 2.75) is 6.92 Å². The molecule has 3 aromatic carbocycles. The second-order valence-electron chi connectivity index (χ2n) is 5.85. The van der Waals surface area contributed by atoms with Crippen LogP contribution >= 0.6 is 0 Å². The maximum atomic E-state index is 12.5. The first kappa shape index (κ1) is 14.5. The molecule has 0 bridgehead atoms. The number of aryl methyl sites for hydroxylation is 1. The minimum Gasteiger partial charge on any atom is -0.460 e. The largest absolute Gasteiger partial charge is 0.460 e. The zero-order chi connectivity index (χ0) is 16.5. The summed E-state index contributed by atoms with van der Waals surface area (Å²) < 4.78 is 5.92. The van der Waals surface area contributed by atoms with Crippen molar-refractivity contribution in [2.75, 3.05) is 0 Å². The van der Waals surface area contributed by atoms with Gasteiger partial charge in [0.05, 0.1) is 5.39 Å². The van der Waals surface area contributed by atoms with E-state index in [1.807, 2.05) is 66.7 Å². The summed E-state index contributed by atoms with van der Waals surface area (Å²) in [6.45, 7) is 1.81. The zero-order valence-corrected chi connectivity index (χ0v) is 13.3. The molecule has 0 N–H and O–H groups in total. The Balaban J connectivity index is 2.10. The van der Waals surface area contributed by atoms with Crippen LogP contribution in [0.4, 0.5) is 0 Å². The van der Waals surface area contributed by atoms with Crippen LogP contribution in [0.15, 0.2) is 88.1 Å². The summed E-state index contributed by atoms with van der Waals surface area (Å²) >= 11 is 0. The molecule has 24 heavy (non-hydrogen) atoms. The summed E-state index contributed by atoms with van der Waals surface area (Å²) in [5, 5.41) is 0.612. The minimum atomic E-state index is -0.0105. The maximum Gasteiger partial charge on any atom is 0.192 e. The molecule has 4 aromatic rings. The average Bonchev–Trinajstić information content (AvgIpc) is 2.62. The lowest BCUT2D eigenvalue weighted by molar-refractivity contribution is 0.566. The van der Waals surface area contributed by atoms with Gasteiger partial charge in [-0.1, -0.05) is 60.7 Å². The Hall–Kier alpha value is -3.13. The fourth-order valence-electron chi connectivity index (χ4n) is 3.00. The SMILES string of the molecule is Cc1cc(=O)c2cc(-c3ccccc3)cc(-c3ccccc3)c2o1. The Morgan fingerprint density at radius 2 is 1.33 bits per heavy atom. The molecule has 1 heterocycles. The van der Waals surface area contributed by atoms with Crippen molar-refractivity contribution in [3.8, 4) is 22.3 Å². The van der Waals surface area contributed by atoms with Crippen molar-refractivity contribution >= 4 is 11.0 Å². The number of hydrogen-bond acceptors (Lipinski definition) is 2. The topological polar surface area (TPSA) is 30.2 Å². The molecular weight excluding hydrogens is 296 g/mol. The molecule has 4 rings (SSSR count). The third-order valence-corrected chi connectivity index (χ3v) is 4.14. The molecule has 0 fully saturated rings. The Morgan fingerprint density at radius 3 is 2.00 bits per heavy atom. The van der Waals surface area contributed by atoms with E-state index in [0.29, 0.717) is 16.7 Å². The molecule has 1 aromatic heterocycles. The predicted molar refractivity (Wildman–Crippen MR) is 98.1 cm³/mol. The van der Waals surface area contributed by atoms with E-state index in [2.05, 4.69) is 6.07 Å². The van der Waals surface area contributed by atoms with E-state index in [0.717, 1.165) is 22.3 Å². The normalized spacial score (nSPS) is 10.9. The van der Waals surface area contributed by atoms with Gasteiger partial charge in [0.15, 0.2) is 5.43 Å². The summed E-state index contributed by atoms with van der Waals surface area (Å²) in [5.74, 6) is 0.622. The van der Waals surface area contributed by atoms with E-state index in [-0.39, 0.29) is 5.43 Å². The lowest BCUT2D eigenvalue weighted by Gasteiger charge is -2.10. The summed E-state index contributed by atoms with van der Waals surface area (Å²) in [7, 11) is 0. The van der Waals surface area contributed by atoms with Crippen LogP contribution < -0.4 is 5.43 Å². The second-order valence-corrected chi connectivity index (χ2v) is 5.85. The Morgan fingerprint density at radius 1 is 0.708 bits per heavy atom. The molecule has 0 saturated heterocycles. The number of benzene rings is 3. The lowest BCUT2D eigenvalue weighted by Crippen LogP contribution is -2.01. The van der Waals surface area contributed by atoms with Crippen LogP contribution in [-0.4, -0.2) is 0 Å². The van der Waals surface area contributed by atoms with Gasteiger partial charge < -0.3 is 4.42 Å². The summed E-state index contributed by atoms with van der Waals surface area (Å²) in [6.07, 6.45) is 0. The lowest BCUT2D eigenvalue weighted by atomic mass is 9.96. The fourth-order valence-corrected chi connectivity index (χ4v) is 3.00. The van der Waals surface area contributed by atoms with Gasteiger partial charge in [0.1, 0.15) is 11.3 Å². The highest BCUT2D eigenvalue weighted by Crippen LogP contribution is 2.33. The highest BCUT2D eigenvalue weighted by Gasteiger charge is 2.12. The Kier molecular flexibility index (Phi) is 3.51. The van der Waals surface area contributed by atoms with E-state index < -0.39 is 0 Å². The molecule has 0 amide bonds. The van der Waals surface area contributed by atoms with E-state index in [1.165, 1.54) is 0 Å². The van der Waals surface area contributed by atoms with Crippen LogP contribution in [-0.2, 0) is 0 Å². The fraction of sp³-hybridized carbons (Fsp3) is 0.0455. The van der Waals surface area contributed by atoms with Crippen LogP contribution in [0.2, 0.25) is 0 Å². The molecule has 0 radical (unpaired) electrons. The molecule has 116 valence electrons. The monoisotopic (exact) mass is 312 g/mol. The van der Waals surface area contributed by atoms with Crippen molar-refractivity contribution in [2.24, 2.45) is 0 Å². The van der Waals surface area contributed by atoms with Crippen molar-refractivity contribution in [3.05, 3.63) is 94.8 Å². The van der Waals surface area contributed by atoms with Crippen LogP contribution in [0.5, 0.6) is 0 Å². The number of rotatable bonds is 2. The predicted octanol–water partition coefficient (Wildman–Crippen LogP) is 5.44. The molecule has 2 nitrogen and oxygen atoms in total. The van der Waals surface area contributed by atoms with Crippen molar-refractivity contribution in [3.63, 3.8) is 0 Å². The summed E-state index contributed by atoms with van der Waals surface area (Å²) in [4.78, 5) is 12.5. The highest BCUT2D eigenvalue weighted by atomic mass is 16.3. The number of fused-ring (bicyclic) bond motifs is 1. The van der Waals surface area contributed by atoms with Gasteiger partial charge in [-0.25, -0.2) is 0 Å². The minimum absolute atomic E-state index is 0.0105. The molecule has 0 saturated carbocycles. The molecule has 0 aliphatic rings. The van der Waals surface area contributed by atoms with E-state index in [9.17, 15) is 4.79 Å². The van der Waals surface area contributed by atoms with Gasteiger partial charge >= 0.3 is 0 Å². The van der Waals surface area contributed by atoms with Crippen molar-refractivity contribution in [1.29, 1.82) is 0 Å². The van der Waals surface area contributed by atoms with Crippen LogP contribution in [0.3, 0.4) is 0 Å².